The third-order valence-corrected chi connectivity index (χ3v) is 3.42. The van der Waals surface area contributed by atoms with Gasteiger partial charge in [-0.25, -0.2) is 9.59 Å². The second-order valence-corrected chi connectivity index (χ2v) is 5.97. The molecule has 0 amide bonds. The number of rotatable bonds is 14. The summed E-state index contributed by atoms with van der Waals surface area (Å²) in [6, 6.07) is 19.5. The number of carboxylic acid groups (broad SMARTS) is 2. The Morgan fingerprint density at radius 1 is 0.567 bits per heavy atom. The Morgan fingerprint density at radius 2 is 0.900 bits per heavy atom. The summed E-state index contributed by atoms with van der Waals surface area (Å²) < 4.78 is 20.2. The van der Waals surface area contributed by atoms with Gasteiger partial charge in [-0.05, 0) is 11.1 Å². The van der Waals surface area contributed by atoms with Crippen LogP contribution in [0.5, 0.6) is 0 Å². The van der Waals surface area contributed by atoms with Gasteiger partial charge in [0.1, 0.15) is 13.2 Å². The minimum absolute atomic E-state index is 0.269. The van der Waals surface area contributed by atoms with E-state index in [2.05, 4.69) is 0 Å². The van der Waals surface area contributed by atoms with Crippen LogP contribution in [0.3, 0.4) is 0 Å². The van der Waals surface area contributed by atoms with E-state index in [0.717, 1.165) is 11.1 Å². The van der Waals surface area contributed by atoms with E-state index in [9.17, 15) is 9.59 Å². The van der Waals surface area contributed by atoms with E-state index in [0.29, 0.717) is 39.6 Å². The summed E-state index contributed by atoms with van der Waals surface area (Å²) in [5.74, 6) is -1.92. The molecule has 0 fully saturated rings. The Morgan fingerprint density at radius 3 is 1.23 bits per heavy atom. The van der Waals surface area contributed by atoms with E-state index in [4.69, 9.17) is 29.2 Å². The highest BCUT2D eigenvalue weighted by Crippen LogP contribution is 2.00. The quantitative estimate of drug-likeness (QED) is 0.449. The highest BCUT2D eigenvalue weighted by molar-refractivity contribution is 5.68. The van der Waals surface area contributed by atoms with Gasteiger partial charge in [0.25, 0.3) is 0 Å². The van der Waals surface area contributed by atoms with Crippen molar-refractivity contribution in [3.63, 3.8) is 0 Å². The Balaban J connectivity index is 0.000000300. The number of ether oxygens (including phenoxy) is 4. The molecule has 8 nitrogen and oxygen atoms in total. The van der Waals surface area contributed by atoms with E-state index in [1.807, 2.05) is 60.7 Å². The molecule has 2 N–H and O–H groups in total. The van der Waals surface area contributed by atoms with Crippen molar-refractivity contribution in [2.75, 3.05) is 39.6 Å². The van der Waals surface area contributed by atoms with E-state index in [-0.39, 0.29) is 13.2 Å². The Labute approximate surface area is 176 Å². The third-order valence-electron chi connectivity index (χ3n) is 3.42. The van der Waals surface area contributed by atoms with Crippen LogP contribution >= 0.6 is 0 Å². The molecule has 2 rings (SSSR count). The lowest BCUT2D eigenvalue weighted by Gasteiger charge is -2.04. The Kier molecular flexibility index (Phi) is 14.4. The molecular weight excluding hydrogens is 392 g/mol. The zero-order valence-electron chi connectivity index (χ0n) is 16.8. The van der Waals surface area contributed by atoms with Crippen LogP contribution in [0.4, 0.5) is 0 Å². The van der Waals surface area contributed by atoms with Crippen LogP contribution in [0.2, 0.25) is 0 Å². The van der Waals surface area contributed by atoms with Gasteiger partial charge in [-0.15, -0.1) is 0 Å². The van der Waals surface area contributed by atoms with E-state index in [1.165, 1.54) is 0 Å². The number of carbonyl (C=O) groups is 2. The molecule has 8 heteroatoms. The summed E-state index contributed by atoms with van der Waals surface area (Å²) in [6.07, 6.45) is 0. The zero-order valence-corrected chi connectivity index (χ0v) is 16.8. The average molecular weight is 420 g/mol. The summed E-state index contributed by atoms with van der Waals surface area (Å²) in [7, 11) is 0. The number of hydrogen-bond acceptors (Lipinski definition) is 6. The van der Waals surface area contributed by atoms with Crippen LogP contribution < -0.4 is 0 Å². The number of hydrogen-bond donors (Lipinski definition) is 2. The van der Waals surface area contributed by atoms with Crippen LogP contribution in [-0.2, 0) is 41.8 Å². The summed E-state index contributed by atoms with van der Waals surface area (Å²) in [5.41, 5.74) is 2.19. The summed E-state index contributed by atoms with van der Waals surface area (Å²) in [6.45, 7) is 1.93. The maximum atomic E-state index is 10.1. The highest BCUT2D eigenvalue weighted by atomic mass is 16.5. The van der Waals surface area contributed by atoms with Gasteiger partial charge < -0.3 is 29.2 Å². The molecule has 0 unspecified atom stereocenters. The highest BCUT2D eigenvalue weighted by Gasteiger charge is 1.97. The molecule has 2 aromatic rings. The van der Waals surface area contributed by atoms with Crippen molar-refractivity contribution in [2.24, 2.45) is 0 Å². The van der Waals surface area contributed by atoms with Crippen molar-refractivity contribution < 1.29 is 38.7 Å². The van der Waals surface area contributed by atoms with Crippen LogP contribution in [0, 0.1) is 0 Å². The van der Waals surface area contributed by atoms with Crippen LogP contribution in [0.25, 0.3) is 0 Å². The molecule has 0 heterocycles. The first-order chi connectivity index (χ1) is 14.6. The maximum Gasteiger partial charge on any atom is 0.329 e. The van der Waals surface area contributed by atoms with Gasteiger partial charge >= 0.3 is 11.9 Å². The van der Waals surface area contributed by atoms with Gasteiger partial charge in [-0.2, -0.15) is 0 Å². The molecule has 0 saturated heterocycles. The molecule has 0 aliphatic carbocycles. The predicted molar refractivity (Wildman–Crippen MR) is 109 cm³/mol. The molecule has 2 aromatic carbocycles. The fraction of sp³-hybridized carbons (Fsp3) is 0.364. The standard InChI is InChI=1S/2C11H14O4/c2*12-11(13)9-15-7-6-14-8-10-4-2-1-3-5-10/h2*1-5H,6-9H2,(H,12,13). The van der Waals surface area contributed by atoms with Gasteiger partial charge in [-0.1, -0.05) is 60.7 Å². The molecule has 0 aliphatic rings. The smallest absolute Gasteiger partial charge is 0.329 e. The van der Waals surface area contributed by atoms with Crippen molar-refractivity contribution >= 4 is 11.9 Å². The molecule has 0 bridgehead atoms. The average Bonchev–Trinajstić information content (AvgIpc) is 2.75. The first kappa shape index (κ1) is 25.3. The fourth-order valence-corrected chi connectivity index (χ4v) is 2.08. The molecule has 0 aromatic heterocycles. The van der Waals surface area contributed by atoms with Gasteiger partial charge in [0.15, 0.2) is 0 Å². The lowest BCUT2D eigenvalue weighted by atomic mass is 10.2. The molecule has 164 valence electrons. The van der Waals surface area contributed by atoms with Crippen LogP contribution in [0.15, 0.2) is 60.7 Å². The predicted octanol–water partition coefficient (Wildman–Crippen LogP) is 2.61. The van der Waals surface area contributed by atoms with Gasteiger partial charge in [-0.3, -0.25) is 0 Å². The van der Waals surface area contributed by atoms with Crippen LogP contribution in [0.1, 0.15) is 11.1 Å². The van der Waals surface area contributed by atoms with E-state index < -0.39 is 11.9 Å². The largest absolute Gasteiger partial charge is 0.480 e. The molecule has 0 atom stereocenters. The lowest BCUT2D eigenvalue weighted by molar-refractivity contribution is -0.143. The number of aliphatic carboxylic acids is 2. The lowest BCUT2D eigenvalue weighted by Crippen LogP contribution is -2.11. The zero-order chi connectivity index (χ0) is 21.9. The Bertz CT molecular complexity index is 629. The van der Waals surface area contributed by atoms with Crippen molar-refractivity contribution in [3.05, 3.63) is 71.8 Å². The minimum atomic E-state index is -0.960. The van der Waals surface area contributed by atoms with Gasteiger partial charge in [0, 0.05) is 0 Å². The van der Waals surface area contributed by atoms with Gasteiger partial charge in [0.2, 0.25) is 0 Å². The molecule has 30 heavy (non-hydrogen) atoms. The van der Waals surface area contributed by atoms with Crippen molar-refractivity contribution in [1.82, 2.24) is 0 Å². The normalized spacial score (nSPS) is 10.1. The minimum Gasteiger partial charge on any atom is -0.480 e. The molecule has 0 radical (unpaired) electrons. The molecule has 0 aliphatic heterocycles. The van der Waals surface area contributed by atoms with E-state index in [1.54, 1.807) is 0 Å². The number of carboxylic acids is 2. The fourth-order valence-electron chi connectivity index (χ4n) is 2.08. The summed E-state index contributed by atoms with van der Waals surface area (Å²) in [4.78, 5) is 20.2. The summed E-state index contributed by atoms with van der Waals surface area (Å²) >= 11 is 0. The number of benzene rings is 2. The topological polar surface area (TPSA) is 112 Å². The SMILES string of the molecule is O=C(O)COCCOCc1ccccc1.O=C(O)COCCOCc1ccccc1. The Hall–Kier alpha value is -2.78. The first-order valence-corrected chi connectivity index (χ1v) is 9.40. The summed E-state index contributed by atoms with van der Waals surface area (Å²) in [5, 5.41) is 16.6. The van der Waals surface area contributed by atoms with Crippen molar-refractivity contribution in [1.29, 1.82) is 0 Å². The van der Waals surface area contributed by atoms with Crippen molar-refractivity contribution in [2.45, 2.75) is 13.2 Å². The van der Waals surface area contributed by atoms with E-state index >= 15 is 0 Å². The molecule has 0 saturated carbocycles. The van der Waals surface area contributed by atoms with Crippen molar-refractivity contribution in [3.8, 4) is 0 Å². The third kappa shape index (κ3) is 15.2. The van der Waals surface area contributed by atoms with Crippen LogP contribution in [-0.4, -0.2) is 61.8 Å². The second-order valence-electron chi connectivity index (χ2n) is 5.97. The molecular formula is C22H28O8. The first-order valence-electron chi connectivity index (χ1n) is 9.40. The maximum absolute atomic E-state index is 10.1. The molecule has 0 spiro atoms. The van der Waals surface area contributed by atoms with Gasteiger partial charge in [0.05, 0.1) is 39.6 Å². The monoisotopic (exact) mass is 420 g/mol. The second kappa shape index (κ2) is 17.1.